The molecule has 0 bridgehead atoms. The Morgan fingerprint density at radius 1 is 0.259 bits per heavy atom. The molecule has 58 heavy (non-hydrogen) atoms. The van der Waals surface area contributed by atoms with Crippen LogP contribution in [0.2, 0.25) is 0 Å². The zero-order valence-electron chi connectivity index (χ0n) is 31.7. The van der Waals surface area contributed by atoms with E-state index in [1.54, 1.807) is 0 Å². The van der Waals surface area contributed by atoms with Gasteiger partial charge >= 0.3 is 0 Å². The molecule has 0 aliphatic rings. The van der Waals surface area contributed by atoms with Gasteiger partial charge in [-0.1, -0.05) is 182 Å². The maximum atomic E-state index is 6.35. The van der Waals surface area contributed by atoms with Crippen LogP contribution < -0.4 is 4.90 Å². The highest BCUT2D eigenvalue weighted by Gasteiger charge is 2.16. The van der Waals surface area contributed by atoms with Gasteiger partial charge in [0.05, 0.1) is 0 Å². The summed E-state index contributed by atoms with van der Waals surface area (Å²) in [5, 5.41) is 7.29. The molecule has 0 radical (unpaired) electrons. The van der Waals surface area contributed by atoms with Crippen molar-refractivity contribution in [2.45, 2.75) is 0 Å². The van der Waals surface area contributed by atoms with Crippen LogP contribution in [0.25, 0.3) is 88.0 Å². The number of anilines is 3. The Morgan fingerprint density at radius 2 is 0.621 bits per heavy atom. The van der Waals surface area contributed by atoms with Crippen molar-refractivity contribution < 1.29 is 4.42 Å². The third-order valence-electron chi connectivity index (χ3n) is 11.5. The summed E-state index contributed by atoms with van der Waals surface area (Å²) in [7, 11) is 0. The molecule has 2 heteroatoms. The Balaban J connectivity index is 0.944. The molecule has 0 unspecified atom stereocenters. The molecule has 1 aromatic heterocycles. The fraction of sp³-hybridized carbons (Fsp3) is 0. The number of hydrogen-bond acceptors (Lipinski definition) is 2. The Morgan fingerprint density at radius 3 is 1.17 bits per heavy atom. The van der Waals surface area contributed by atoms with Crippen LogP contribution in [0.4, 0.5) is 17.1 Å². The van der Waals surface area contributed by atoms with Gasteiger partial charge in [-0.25, -0.2) is 0 Å². The van der Waals surface area contributed by atoms with Gasteiger partial charge in [0.25, 0.3) is 0 Å². The van der Waals surface area contributed by atoms with Crippen LogP contribution in [0.5, 0.6) is 0 Å². The summed E-state index contributed by atoms with van der Waals surface area (Å²) in [6.07, 6.45) is 0. The highest BCUT2D eigenvalue weighted by molar-refractivity contribution is 6.09. The number of furan rings is 1. The van der Waals surface area contributed by atoms with Gasteiger partial charge in [-0.2, -0.15) is 0 Å². The second-order valence-corrected chi connectivity index (χ2v) is 14.9. The van der Waals surface area contributed by atoms with Crippen molar-refractivity contribution in [3.63, 3.8) is 0 Å². The molecule has 0 atom stereocenters. The van der Waals surface area contributed by atoms with E-state index in [0.717, 1.165) is 61.3 Å². The van der Waals surface area contributed by atoms with Crippen molar-refractivity contribution in [1.82, 2.24) is 0 Å². The molecular formula is C56H37NO. The maximum absolute atomic E-state index is 6.35. The average Bonchev–Trinajstić information content (AvgIpc) is 3.69. The summed E-state index contributed by atoms with van der Waals surface area (Å²) in [6, 6.07) is 80.6. The molecule has 0 N–H and O–H groups in total. The van der Waals surface area contributed by atoms with Crippen LogP contribution in [0.1, 0.15) is 0 Å². The summed E-state index contributed by atoms with van der Waals surface area (Å²) in [5.41, 5.74) is 14.6. The lowest BCUT2D eigenvalue weighted by Crippen LogP contribution is -2.09. The minimum absolute atomic E-state index is 0.914. The molecule has 2 nitrogen and oxygen atoms in total. The summed E-state index contributed by atoms with van der Waals surface area (Å²) < 4.78 is 6.35. The van der Waals surface area contributed by atoms with Crippen molar-refractivity contribution in [3.05, 3.63) is 224 Å². The molecule has 10 aromatic carbocycles. The van der Waals surface area contributed by atoms with Gasteiger partial charge < -0.3 is 9.32 Å². The largest absolute Gasteiger partial charge is 0.455 e. The lowest BCUT2D eigenvalue weighted by molar-refractivity contribution is 0.670. The summed E-state index contributed by atoms with van der Waals surface area (Å²) >= 11 is 0. The molecule has 0 aliphatic carbocycles. The SMILES string of the molecule is c1ccc2c(-c3ccc(N(c4ccc(-c5ccc(-c6cccc7c6oc6ccccc67)cc5)cc4)c4ccc(-c5cccc6ccccc56)cc4)cc3)cccc2c1. The van der Waals surface area contributed by atoms with Gasteiger partial charge in [0.1, 0.15) is 11.2 Å². The molecule has 11 rings (SSSR count). The zero-order chi connectivity index (χ0) is 38.4. The lowest BCUT2D eigenvalue weighted by Gasteiger charge is -2.26. The van der Waals surface area contributed by atoms with E-state index in [9.17, 15) is 0 Å². The van der Waals surface area contributed by atoms with Gasteiger partial charge in [0.2, 0.25) is 0 Å². The third kappa shape index (κ3) is 5.91. The Labute approximate surface area is 337 Å². The molecule has 11 aromatic rings. The van der Waals surface area contributed by atoms with E-state index >= 15 is 0 Å². The van der Waals surface area contributed by atoms with Crippen molar-refractivity contribution >= 4 is 60.5 Å². The minimum Gasteiger partial charge on any atom is -0.455 e. The van der Waals surface area contributed by atoms with Gasteiger partial charge in [-0.3, -0.25) is 0 Å². The van der Waals surface area contributed by atoms with Crippen LogP contribution in [-0.4, -0.2) is 0 Å². The fourth-order valence-electron chi connectivity index (χ4n) is 8.60. The van der Waals surface area contributed by atoms with Gasteiger partial charge in [-0.15, -0.1) is 0 Å². The molecule has 1 heterocycles. The van der Waals surface area contributed by atoms with Crippen LogP contribution in [0.3, 0.4) is 0 Å². The topological polar surface area (TPSA) is 16.4 Å². The first-order valence-electron chi connectivity index (χ1n) is 19.8. The third-order valence-corrected chi connectivity index (χ3v) is 11.5. The highest BCUT2D eigenvalue weighted by atomic mass is 16.3. The van der Waals surface area contributed by atoms with Crippen molar-refractivity contribution in [3.8, 4) is 44.5 Å². The molecule has 0 aliphatic heterocycles. The van der Waals surface area contributed by atoms with Crippen molar-refractivity contribution in [2.75, 3.05) is 4.90 Å². The van der Waals surface area contributed by atoms with Gasteiger partial charge in [0, 0.05) is 33.4 Å². The minimum atomic E-state index is 0.914. The van der Waals surface area contributed by atoms with Crippen molar-refractivity contribution in [2.24, 2.45) is 0 Å². The first-order chi connectivity index (χ1) is 28.7. The number of hydrogen-bond donors (Lipinski definition) is 0. The Bertz CT molecular complexity index is 3110. The molecule has 0 saturated carbocycles. The first kappa shape index (κ1) is 33.6. The summed E-state index contributed by atoms with van der Waals surface area (Å²) in [5.74, 6) is 0. The number of fused-ring (bicyclic) bond motifs is 5. The Kier molecular flexibility index (Phi) is 8.19. The summed E-state index contributed by atoms with van der Waals surface area (Å²) in [6.45, 7) is 0. The van der Waals surface area contributed by atoms with Crippen LogP contribution in [0.15, 0.2) is 229 Å². The van der Waals surface area contributed by atoms with E-state index < -0.39 is 0 Å². The van der Waals surface area contributed by atoms with E-state index in [1.807, 2.05) is 12.1 Å². The monoisotopic (exact) mass is 739 g/mol. The molecule has 0 spiro atoms. The number of benzene rings is 10. The number of nitrogens with zero attached hydrogens (tertiary/aromatic N) is 1. The fourth-order valence-corrected chi connectivity index (χ4v) is 8.60. The van der Waals surface area contributed by atoms with E-state index in [2.05, 4.69) is 217 Å². The van der Waals surface area contributed by atoms with E-state index in [4.69, 9.17) is 4.42 Å². The molecule has 272 valence electrons. The van der Waals surface area contributed by atoms with Gasteiger partial charge in [-0.05, 0) is 103 Å². The van der Waals surface area contributed by atoms with Crippen molar-refractivity contribution in [1.29, 1.82) is 0 Å². The second kappa shape index (κ2) is 14.1. The van der Waals surface area contributed by atoms with Crippen LogP contribution in [-0.2, 0) is 0 Å². The quantitative estimate of drug-likeness (QED) is 0.162. The van der Waals surface area contributed by atoms with E-state index in [-0.39, 0.29) is 0 Å². The average molecular weight is 740 g/mol. The predicted molar refractivity (Wildman–Crippen MR) is 245 cm³/mol. The standard InChI is InChI=1S/C56H37NO/c1-3-14-48-40(10-1)12-7-17-50(48)42-28-34-46(35-29-42)57(47-36-30-43(31-37-47)51-18-8-13-41-11-2-4-15-49(41)51)45-32-26-39(27-33-45)38-22-24-44(25-23-38)52-19-9-20-54-53-16-5-6-21-55(53)58-56(52)54/h1-37H. The van der Waals surface area contributed by atoms with Gasteiger partial charge in [0.15, 0.2) is 0 Å². The van der Waals surface area contributed by atoms with Crippen LogP contribution in [0, 0.1) is 0 Å². The van der Waals surface area contributed by atoms with E-state index in [0.29, 0.717) is 0 Å². The normalized spacial score (nSPS) is 11.4. The van der Waals surface area contributed by atoms with Crippen LogP contribution >= 0.6 is 0 Å². The first-order valence-corrected chi connectivity index (χ1v) is 19.8. The lowest BCUT2D eigenvalue weighted by atomic mass is 9.97. The molecule has 0 amide bonds. The molecule has 0 fully saturated rings. The zero-order valence-corrected chi connectivity index (χ0v) is 31.7. The van der Waals surface area contributed by atoms with E-state index in [1.165, 1.54) is 43.8 Å². The predicted octanol–water partition coefficient (Wildman–Crippen LogP) is 16.0. The number of rotatable bonds is 7. The highest BCUT2D eigenvalue weighted by Crippen LogP contribution is 2.40. The maximum Gasteiger partial charge on any atom is 0.143 e. The molecule has 0 saturated heterocycles. The smallest absolute Gasteiger partial charge is 0.143 e. The summed E-state index contributed by atoms with van der Waals surface area (Å²) in [4.78, 5) is 2.35. The number of para-hydroxylation sites is 2. The Hall–Kier alpha value is -7.68. The molecular weight excluding hydrogens is 703 g/mol. The second-order valence-electron chi connectivity index (χ2n) is 14.9.